The van der Waals surface area contributed by atoms with E-state index in [9.17, 15) is 29.1 Å². The van der Waals surface area contributed by atoms with Crippen LogP contribution in [-0.4, -0.2) is 70.5 Å². The average Bonchev–Trinajstić information content (AvgIpc) is 3.23. The lowest BCUT2D eigenvalue weighted by molar-refractivity contribution is -0.189. The molecule has 0 bridgehead atoms. The molecule has 13 heteroatoms. The molecule has 0 saturated carbocycles. The third-order valence-electron chi connectivity index (χ3n) is 4.41. The molecule has 2 aliphatic heterocycles. The second-order valence-electron chi connectivity index (χ2n) is 6.47. The SMILES string of the molecule is COC(=O)O[C@]1(NC(=O)Cc2cccs2)C(=O)N2C(C(=O)O)=C(COC(C)=O)CS[C@@H]21. The lowest BCUT2D eigenvalue weighted by atomic mass is 9.98. The number of β-lactam (4-membered cyclic amide) rings is 1. The number of hydrogen-bond acceptors (Lipinski definition) is 10. The first-order valence-electron chi connectivity index (χ1n) is 8.84. The van der Waals surface area contributed by atoms with Crippen LogP contribution in [0.3, 0.4) is 0 Å². The summed E-state index contributed by atoms with van der Waals surface area (Å²) in [6.45, 7) is 0.864. The molecular weight excluding hydrogens is 452 g/mol. The zero-order valence-corrected chi connectivity index (χ0v) is 18.0. The molecule has 1 aromatic rings. The standard InChI is InChI=1S/C18H18N2O9S2/c1-9(21)28-7-10-8-31-16-18(29-17(26)27-2,15(25)20(16)13(10)14(23)24)19-12(22)6-11-4-3-5-30-11/h3-5,16H,6-8H2,1-2H3,(H,19,22)(H,23,24)/t16-,18-/m1/s1. The monoisotopic (exact) mass is 470 g/mol. The fourth-order valence-electron chi connectivity index (χ4n) is 3.12. The van der Waals surface area contributed by atoms with Gasteiger partial charge in [0.05, 0.1) is 13.5 Å². The van der Waals surface area contributed by atoms with Gasteiger partial charge in [0.15, 0.2) is 5.37 Å². The van der Waals surface area contributed by atoms with Gasteiger partial charge >= 0.3 is 18.1 Å². The number of thiophene rings is 1. The Morgan fingerprint density at radius 2 is 2.10 bits per heavy atom. The van der Waals surface area contributed by atoms with Crippen molar-refractivity contribution in [3.8, 4) is 0 Å². The minimum Gasteiger partial charge on any atom is -0.477 e. The molecule has 1 saturated heterocycles. The molecular formula is C18H18N2O9S2. The largest absolute Gasteiger partial charge is 0.510 e. The maximum Gasteiger partial charge on any atom is 0.510 e. The van der Waals surface area contributed by atoms with Crippen LogP contribution < -0.4 is 5.32 Å². The number of carboxylic acids is 1. The summed E-state index contributed by atoms with van der Waals surface area (Å²) in [4.78, 5) is 62.0. The topological polar surface area (TPSA) is 149 Å². The van der Waals surface area contributed by atoms with Crippen LogP contribution >= 0.6 is 23.1 Å². The fourth-order valence-corrected chi connectivity index (χ4v) is 5.19. The molecule has 2 N–H and O–H groups in total. The highest BCUT2D eigenvalue weighted by molar-refractivity contribution is 8.00. The Balaban J connectivity index is 1.89. The minimum absolute atomic E-state index is 0.0616. The van der Waals surface area contributed by atoms with Gasteiger partial charge in [-0.25, -0.2) is 9.59 Å². The Morgan fingerprint density at radius 1 is 1.35 bits per heavy atom. The Bertz CT molecular complexity index is 959. The van der Waals surface area contributed by atoms with E-state index in [1.54, 1.807) is 17.5 Å². The van der Waals surface area contributed by atoms with Crippen LogP contribution in [0.1, 0.15) is 11.8 Å². The van der Waals surface area contributed by atoms with Gasteiger partial charge in [-0.3, -0.25) is 19.3 Å². The highest BCUT2D eigenvalue weighted by Crippen LogP contribution is 2.47. The predicted octanol–water partition coefficient (Wildman–Crippen LogP) is 0.703. The van der Waals surface area contributed by atoms with Gasteiger partial charge in [-0.1, -0.05) is 6.07 Å². The summed E-state index contributed by atoms with van der Waals surface area (Å²) in [7, 11) is 1.04. The summed E-state index contributed by atoms with van der Waals surface area (Å²) in [5, 5.41) is 12.8. The van der Waals surface area contributed by atoms with Crippen LogP contribution in [0.5, 0.6) is 0 Å². The van der Waals surface area contributed by atoms with Crippen LogP contribution in [0.25, 0.3) is 0 Å². The van der Waals surface area contributed by atoms with Crippen molar-refractivity contribution in [1.29, 1.82) is 0 Å². The van der Waals surface area contributed by atoms with E-state index in [4.69, 9.17) is 9.47 Å². The molecule has 1 fully saturated rings. The van der Waals surface area contributed by atoms with E-state index in [2.05, 4.69) is 10.1 Å². The van der Waals surface area contributed by atoms with Gasteiger partial charge in [-0.2, -0.15) is 0 Å². The Labute approximate surface area is 184 Å². The van der Waals surface area contributed by atoms with E-state index in [-0.39, 0.29) is 30.1 Å². The number of aliphatic carboxylic acids is 1. The number of nitrogens with zero attached hydrogens (tertiary/aromatic N) is 1. The van der Waals surface area contributed by atoms with E-state index < -0.39 is 41.0 Å². The first kappa shape index (κ1) is 22.6. The van der Waals surface area contributed by atoms with E-state index in [1.165, 1.54) is 18.3 Å². The zero-order valence-electron chi connectivity index (χ0n) is 16.4. The van der Waals surface area contributed by atoms with Crippen molar-refractivity contribution < 1.29 is 43.3 Å². The highest BCUT2D eigenvalue weighted by Gasteiger charge is 2.69. The summed E-state index contributed by atoms with van der Waals surface area (Å²) in [5.74, 6) is -3.50. The summed E-state index contributed by atoms with van der Waals surface area (Å²) < 4.78 is 14.5. The summed E-state index contributed by atoms with van der Waals surface area (Å²) in [6.07, 6.45) is -1.27. The molecule has 0 aliphatic carbocycles. The van der Waals surface area contributed by atoms with Crippen molar-refractivity contribution >= 4 is 53.0 Å². The number of methoxy groups -OCH3 is 1. The molecule has 2 aliphatic rings. The number of fused-ring (bicyclic) bond motifs is 1. The Morgan fingerprint density at radius 3 is 2.68 bits per heavy atom. The summed E-state index contributed by atoms with van der Waals surface area (Å²) in [5.41, 5.74) is -2.31. The molecule has 2 atom stereocenters. The number of carbonyl (C=O) groups excluding carboxylic acids is 4. The number of rotatable bonds is 7. The number of carbonyl (C=O) groups is 5. The molecule has 0 spiro atoms. The number of ether oxygens (including phenoxy) is 3. The number of amides is 2. The van der Waals surface area contributed by atoms with Gasteiger partial charge in [0, 0.05) is 23.1 Å². The van der Waals surface area contributed by atoms with Crippen molar-refractivity contribution in [2.45, 2.75) is 24.4 Å². The fraction of sp³-hybridized carbons (Fsp3) is 0.389. The van der Waals surface area contributed by atoms with E-state index in [0.29, 0.717) is 0 Å². The molecule has 0 aromatic carbocycles. The first-order valence-corrected chi connectivity index (χ1v) is 10.8. The predicted molar refractivity (Wildman–Crippen MR) is 107 cm³/mol. The average molecular weight is 470 g/mol. The molecule has 3 rings (SSSR count). The van der Waals surface area contributed by atoms with Gasteiger partial charge < -0.3 is 24.6 Å². The molecule has 0 radical (unpaired) electrons. The third kappa shape index (κ3) is 4.37. The number of hydrogen-bond donors (Lipinski definition) is 2. The highest BCUT2D eigenvalue weighted by atomic mass is 32.2. The molecule has 1 aromatic heterocycles. The van der Waals surface area contributed by atoms with E-state index in [1.807, 2.05) is 0 Å². The third-order valence-corrected chi connectivity index (χ3v) is 6.66. The molecule has 2 amide bonds. The van der Waals surface area contributed by atoms with Crippen molar-refractivity contribution in [1.82, 2.24) is 10.2 Å². The van der Waals surface area contributed by atoms with Gasteiger partial charge in [0.1, 0.15) is 12.3 Å². The molecule has 166 valence electrons. The molecule has 11 nitrogen and oxygen atoms in total. The van der Waals surface area contributed by atoms with Crippen LogP contribution in [-0.2, 0) is 39.8 Å². The van der Waals surface area contributed by atoms with Crippen molar-refractivity contribution in [3.63, 3.8) is 0 Å². The maximum atomic E-state index is 13.1. The molecule has 3 heterocycles. The lowest BCUT2D eigenvalue weighted by Crippen LogP contribution is -2.81. The normalized spacial score (nSPS) is 22.2. The van der Waals surface area contributed by atoms with Gasteiger partial charge in [0.2, 0.25) is 5.91 Å². The summed E-state index contributed by atoms with van der Waals surface area (Å²) in [6, 6.07) is 3.49. The van der Waals surface area contributed by atoms with Crippen LogP contribution in [0.15, 0.2) is 28.8 Å². The number of esters is 1. The van der Waals surface area contributed by atoms with Crippen LogP contribution in [0, 0.1) is 0 Å². The Hall–Kier alpha value is -3.06. The molecule has 0 unspecified atom stereocenters. The first-order chi connectivity index (χ1) is 14.7. The van der Waals surface area contributed by atoms with E-state index in [0.717, 1.165) is 28.6 Å². The maximum absolute atomic E-state index is 13.1. The smallest absolute Gasteiger partial charge is 0.477 e. The van der Waals surface area contributed by atoms with Crippen molar-refractivity contribution in [3.05, 3.63) is 33.7 Å². The van der Waals surface area contributed by atoms with Gasteiger partial charge in [-0.15, -0.1) is 23.1 Å². The number of carboxylic acid groups (broad SMARTS) is 1. The van der Waals surface area contributed by atoms with Crippen LogP contribution in [0.2, 0.25) is 0 Å². The lowest BCUT2D eigenvalue weighted by Gasteiger charge is -2.55. The van der Waals surface area contributed by atoms with Crippen molar-refractivity contribution in [2.75, 3.05) is 19.5 Å². The Kier molecular flexibility index (Phi) is 6.55. The minimum atomic E-state index is -2.13. The number of nitrogens with one attached hydrogen (secondary N) is 1. The van der Waals surface area contributed by atoms with Crippen molar-refractivity contribution in [2.24, 2.45) is 0 Å². The van der Waals surface area contributed by atoms with Crippen LogP contribution in [0.4, 0.5) is 4.79 Å². The van der Waals surface area contributed by atoms with Gasteiger partial charge in [-0.05, 0) is 11.4 Å². The quantitative estimate of drug-likeness (QED) is 0.331. The second kappa shape index (κ2) is 8.98. The zero-order chi connectivity index (χ0) is 22.8. The molecule has 31 heavy (non-hydrogen) atoms. The summed E-state index contributed by atoms with van der Waals surface area (Å²) >= 11 is 2.39. The van der Waals surface area contributed by atoms with Gasteiger partial charge in [0.25, 0.3) is 11.6 Å². The van der Waals surface area contributed by atoms with E-state index >= 15 is 0 Å². The second-order valence-corrected chi connectivity index (χ2v) is 8.57. The number of thioether (sulfide) groups is 1.